The normalized spacial score (nSPS) is 10.5. The smallest absolute Gasteiger partial charge is 0.315 e. The highest BCUT2D eigenvalue weighted by Gasteiger charge is 2.08. The van der Waals surface area contributed by atoms with Crippen molar-refractivity contribution in [1.29, 1.82) is 0 Å². The molecule has 0 atom stereocenters. The Morgan fingerprint density at radius 1 is 1.16 bits per heavy atom. The van der Waals surface area contributed by atoms with E-state index in [4.69, 9.17) is 4.74 Å². The van der Waals surface area contributed by atoms with Gasteiger partial charge >= 0.3 is 12.0 Å². The molecule has 1 heterocycles. The number of benzene rings is 1. The number of carbonyl (C=O) groups excluding carboxylic acids is 2. The van der Waals surface area contributed by atoms with E-state index >= 15 is 0 Å². The summed E-state index contributed by atoms with van der Waals surface area (Å²) >= 11 is 0. The molecule has 0 radical (unpaired) electrons. The molecule has 1 aromatic carbocycles. The van der Waals surface area contributed by atoms with Gasteiger partial charge in [-0.3, -0.25) is 9.48 Å². The van der Waals surface area contributed by atoms with Gasteiger partial charge in [0, 0.05) is 25.5 Å². The van der Waals surface area contributed by atoms with Crippen molar-refractivity contribution in [1.82, 2.24) is 20.4 Å². The number of esters is 1. The SMILES string of the molecule is CC(C)OC(=O)CCNC(=O)NCc1ccccc1Cn1cccn1. The van der Waals surface area contributed by atoms with E-state index in [1.807, 2.05) is 41.2 Å². The minimum Gasteiger partial charge on any atom is -0.463 e. The topological polar surface area (TPSA) is 85.2 Å². The number of ether oxygens (including phenoxy) is 1. The average Bonchev–Trinajstić information content (AvgIpc) is 3.06. The Morgan fingerprint density at radius 2 is 1.92 bits per heavy atom. The third-order valence-corrected chi connectivity index (χ3v) is 3.43. The zero-order chi connectivity index (χ0) is 18.1. The number of rotatable bonds is 8. The van der Waals surface area contributed by atoms with E-state index < -0.39 is 0 Å². The van der Waals surface area contributed by atoms with Gasteiger partial charge in [0.25, 0.3) is 0 Å². The summed E-state index contributed by atoms with van der Waals surface area (Å²) in [7, 11) is 0. The lowest BCUT2D eigenvalue weighted by Crippen LogP contribution is -2.36. The van der Waals surface area contributed by atoms with Crippen LogP contribution in [0, 0.1) is 0 Å². The molecule has 0 aliphatic heterocycles. The number of carbonyl (C=O) groups is 2. The zero-order valence-electron chi connectivity index (χ0n) is 14.6. The first-order chi connectivity index (χ1) is 12.0. The van der Waals surface area contributed by atoms with Gasteiger partial charge in [-0.05, 0) is 31.0 Å². The summed E-state index contributed by atoms with van der Waals surface area (Å²) in [5.41, 5.74) is 2.11. The summed E-state index contributed by atoms with van der Waals surface area (Å²) in [4.78, 5) is 23.3. The number of nitrogens with zero attached hydrogens (tertiary/aromatic N) is 2. The Balaban J connectivity index is 1.77. The van der Waals surface area contributed by atoms with Crippen LogP contribution < -0.4 is 10.6 Å². The molecule has 2 amide bonds. The molecule has 0 fully saturated rings. The standard InChI is InChI=1S/C18H24N4O3/c1-14(2)25-17(23)8-10-19-18(24)20-12-15-6-3-4-7-16(15)13-22-11-5-9-21-22/h3-7,9,11,14H,8,10,12-13H2,1-2H3,(H2,19,20,24). The van der Waals surface area contributed by atoms with E-state index in [1.165, 1.54) is 0 Å². The lowest BCUT2D eigenvalue weighted by atomic mass is 10.1. The van der Waals surface area contributed by atoms with E-state index in [9.17, 15) is 9.59 Å². The first-order valence-corrected chi connectivity index (χ1v) is 8.30. The first-order valence-electron chi connectivity index (χ1n) is 8.30. The van der Waals surface area contributed by atoms with Crippen LogP contribution >= 0.6 is 0 Å². The Bertz CT molecular complexity index is 683. The molecule has 0 unspecified atom stereocenters. The van der Waals surface area contributed by atoms with Crippen molar-refractivity contribution in [2.45, 2.75) is 39.5 Å². The molecular weight excluding hydrogens is 320 g/mol. The molecule has 2 aromatic rings. The van der Waals surface area contributed by atoms with Crippen molar-refractivity contribution in [2.75, 3.05) is 6.54 Å². The van der Waals surface area contributed by atoms with Crippen molar-refractivity contribution in [3.05, 3.63) is 53.9 Å². The van der Waals surface area contributed by atoms with Crippen LogP contribution in [-0.2, 0) is 22.6 Å². The largest absolute Gasteiger partial charge is 0.463 e. The van der Waals surface area contributed by atoms with Crippen molar-refractivity contribution in [3.8, 4) is 0 Å². The van der Waals surface area contributed by atoms with Crippen molar-refractivity contribution < 1.29 is 14.3 Å². The van der Waals surface area contributed by atoms with Gasteiger partial charge in [0.15, 0.2) is 0 Å². The predicted molar refractivity (Wildman–Crippen MR) is 93.9 cm³/mol. The highest BCUT2D eigenvalue weighted by molar-refractivity contribution is 5.75. The summed E-state index contributed by atoms with van der Waals surface area (Å²) in [6.07, 6.45) is 3.64. The number of hydrogen-bond acceptors (Lipinski definition) is 4. The molecule has 0 bridgehead atoms. The second-order valence-corrected chi connectivity index (χ2v) is 5.87. The van der Waals surface area contributed by atoms with Crippen molar-refractivity contribution in [3.63, 3.8) is 0 Å². The fraction of sp³-hybridized carbons (Fsp3) is 0.389. The fourth-order valence-electron chi connectivity index (χ4n) is 2.29. The van der Waals surface area contributed by atoms with E-state index in [2.05, 4.69) is 15.7 Å². The van der Waals surface area contributed by atoms with Crippen molar-refractivity contribution >= 4 is 12.0 Å². The third kappa shape index (κ3) is 6.66. The van der Waals surface area contributed by atoms with Gasteiger partial charge < -0.3 is 15.4 Å². The summed E-state index contributed by atoms with van der Waals surface area (Å²) < 4.78 is 6.84. The van der Waals surface area contributed by atoms with E-state index in [0.717, 1.165) is 11.1 Å². The molecule has 0 aliphatic rings. The van der Waals surface area contributed by atoms with E-state index in [-0.39, 0.29) is 31.1 Å². The van der Waals surface area contributed by atoms with E-state index in [0.29, 0.717) is 13.1 Å². The van der Waals surface area contributed by atoms with Gasteiger partial charge in [-0.15, -0.1) is 0 Å². The molecule has 1 aromatic heterocycles. The molecule has 25 heavy (non-hydrogen) atoms. The number of aromatic nitrogens is 2. The van der Waals surface area contributed by atoms with Gasteiger partial charge in [0.1, 0.15) is 0 Å². The minimum absolute atomic E-state index is 0.146. The summed E-state index contributed by atoms with van der Waals surface area (Å²) in [5.74, 6) is -0.320. The molecule has 134 valence electrons. The van der Waals surface area contributed by atoms with Crippen LogP contribution in [0.15, 0.2) is 42.7 Å². The molecule has 0 spiro atoms. The lowest BCUT2D eigenvalue weighted by Gasteiger charge is -2.12. The predicted octanol–water partition coefficient (Wildman–Crippen LogP) is 2.07. The molecular formula is C18H24N4O3. The Labute approximate surface area is 147 Å². The molecule has 7 heteroatoms. The Hall–Kier alpha value is -2.83. The van der Waals surface area contributed by atoms with Gasteiger partial charge in [0.05, 0.1) is 19.1 Å². The molecule has 0 saturated carbocycles. The highest BCUT2D eigenvalue weighted by Crippen LogP contribution is 2.10. The maximum atomic E-state index is 11.9. The van der Waals surface area contributed by atoms with Crippen LogP contribution in [0.1, 0.15) is 31.4 Å². The maximum absolute atomic E-state index is 11.9. The fourth-order valence-corrected chi connectivity index (χ4v) is 2.29. The third-order valence-electron chi connectivity index (χ3n) is 3.43. The van der Waals surface area contributed by atoms with Gasteiger partial charge in [-0.2, -0.15) is 5.10 Å². The number of hydrogen-bond donors (Lipinski definition) is 2. The van der Waals surface area contributed by atoms with Crippen LogP contribution in [0.25, 0.3) is 0 Å². The number of urea groups is 1. The van der Waals surface area contributed by atoms with Crippen LogP contribution in [0.2, 0.25) is 0 Å². The van der Waals surface area contributed by atoms with Gasteiger partial charge in [-0.25, -0.2) is 4.79 Å². The second kappa shape index (κ2) is 9.46. The minimum atomic E-state index is -0.320. The summed E-state index contributed by atoms with van der Waals surface area (Å²) in [6.45, 7) is 4.87. The Kier molecular flexibility index (Phi) is 7.00. The zero-order valence-corrected chi connectivity index (χ0v) is 14.6. The average molecular weight is 344 g/mol. The van der Waals surface area contributed by atoms with Crippen molar-refractivity contribution in [2.24, 2.45) is 0 Å². The van der Waals surface area contributed by atoms with Gasteiger partial charge in [-0.1, -0.05) is 24.3 Å². The molecule has 7 nitrogen and oxygen atoms in total. The van der Waals surface area contributed by atoms with Crippen LogP contribution in [0.5, 0.6) is 0 Å². The van der Waals surface area contributed by atoms with Gasteiger partial charge in [0.2, 0.25) is 0 Å². The molecule has 2 N–H and O–H groups in total. The highest BCUT2D eigenvalue weighted by atomic mass is 16.5. The molecule has 0 saturated heterocycles. The number of amides is 2. The second-order valence-electron chi connectivity index (χ2n) is 5.87. The first kappa shape index (κ1) is 18.5. The quantitative estimate of drug-likeness (QED) is 0.718. The van der Waals surface area contributed by atoms with Crippen LogP contribution in [-0.4, -0.2) is 34.4 Å². The van der Waals surface area contributed by atoms with E-state index in [1.54, 1.807) is 20.0 Å². The molecule has 0 aliphatic carbocycles. The molecule has 2 rings (SSSR count). The summed E-state index contributed by atoms with van der Waals surface area (Å²) in [6, 6.07) is 9.44. The van der Waals surface area contributed by atoms with Crippen LogP contribution in [0.3, 0.4) is 0 Å². The van der Waals surface area contributed by atoms with Crippen LogP contribution in [0.4, 0.5) is 4.79 Å². The monoisotopic (exact) mass is 344 g/mol. The lowest BCUT2D eigenvalue weighted by molar-refractivity contribution is -0.147. The summed E-state index contributed by atoms with van der Waals surface area (Å²) in [5, 5.41) is 9.65. The Morgan fingerprint density at radius 3 is 2.60 bits per heavy atom. The maximum Gasteiger partial charge on any atom is 0.315 e. The number of nitrogens with one attached hydrogen (secondary N) is 2.